The fourth-order valence-electron chi connectivity index (χ4n) is 2.51. The molecule has 6 nitrogen and oxygen atoms in total. The van der Waals surface area contributed by atoms with Crippen molar-refractivity contribution in [1.29, 1.82) is 0 Å². The lowest BCUT2D eigenvalue weighted by Gasteiger charge is -2.24. The van der Waals surface area contributed by atoms with E-state index >= 15 is 0 Å². The summed E-state index contributed by atoms with van der Waals surface area (Å²) in [4.78, 5) is 19.8. The number of hydrogen-bond acceptors (Lipinski definition) is 5. The molecule has 0 spiro atoms. The van der Waals surface area contributed by atoms with Gasteiger partial charge in [-0.25, -0.2) is 0 Å². The van der Waals surface area contributed by atoms with Crippen molar-refractivity contribution in [2.24, 2.45) is 5.41 Å². The van der Waals surface area contributed by atoms with Crippen LogP contribution in [0.3, 0.4) is 0 Å². The first kappa shape index (κ1) is 14.6. The minimum Gasteiger partial charge on any atom is -0.481 e. The van der Waals surface area contributed by atoms with E-state index in [1.54, 1.807) is 12.4 Å². The molecule has 1 aromatic heterocycles. The number of aromatic nitrogens is 2. The Morgan fingerprint density at radius 1 is 1.45 bits per heavy atom. The summed E-state index contributed by atoms with van der Waals surface area (Å²) in [6.45, 7) is 4.21. The van der Waals surface area contributed by atoms with Crippen LogP contribution in [0.1, 0.15) is 39.5 Å². The molecule has 0 aliphatic heterocycles. The number of hydrogen-bond donors (Lipinski definition) is 2. The molecule has 6 heteroatoms. The molecule has 1 fully saturated rings. The van der Waals surface area contributed by atoms with Crippen molar-refractivity contribution in [3.8, 4) is 5.88 Å². The Morgan fingerprint density at radius 2 is 2.15 bits per heavy atom. The SMILES string of the molecule is CC(C)Oc1cncc(NCC2(C(=O)O)CCCC2)n1. The highest BCUT2D eigenvalue weighted by molar-refractivity contribution is 5.75. The Kier molecular flexibility index (Phi) is 4.42. The van der Waals surface area contributed by atoms with Crippen molar-refractivity contribution >= 4 is 11.8 Å². The van der Waals surface area contributed by atoms with Gasteiger partial charge in [-0.3, -0.25) is 9.78 Å². The second-order valence-electron chi connectivity index (χ2n) is 5.56. The number of rotatable bonds is 6. The molecule has 0 unspecified atom stereocenters. The van der Waals surface area contributed by atoms with Crippen LogP contribution in [0.2, 0.25) is 0 Å². The fourth-order valence-corrected chi connectivity index (χ4v) is 2.51. The summed E-state index contributed by atoms with van der Waals surface area (Å²) < 4.78 is 5.47. The van der Waals surface area contributed by atoms with Gasteiger partial charge in [0.15, 0.2) is 0 Å². The molecule has 0 bridgehead atoms. The molecule has 0 atom stereocenters. The van der Waals surface area contributed by atoms with Crippen molar-refractivity contribution in [3.63, 3.8) is 0 Å². The molecule has 2 N–H and O–H groups in total. The van der Waals surface area contributed by atoms with E-state index in [9.17, 15) is 9.90 Å². The third-order valence-corrected chi connectivity index (χ3v) is 3.59. The Labute approximate surface area is 118 Å². The largest absolute Gasteiger partial charge is 0.481 e. The first-order valence-corrected chi connectivity index (χ1v) is 6.98. The maximum atomic E-state index is 11.5. The number of carbonyl (C=O) groups is 1. The summed E-state index contributed by atoms with van der Waals surface area (Å²) in [5.74, 6) is 0.265. The number of nitrogens with one attached hydrogen (secondary N) is 1. The van der Waals surface area contributed by atoms with Gasteiger partial charge in [0.1, 0.15) is 5.82 Å². The summed E-state index contributed by atoms with van der Waals surface area (Å²) in [5.41, 5.74) is -0.670. The molecule has 0 amide bonds. The number of aliphatic carboxylic acids is 1. The maximum Gasteiger partial charge on any atom is 0.311 e. The lowest BCUT2D eigenvalue weighted by atomic mass is 9.86. The lowest BCUT2D eigenvalue weighted by molar-refractivity contribution is -0.147. The van der Waals surface area contributed by atoms with E-state index in [0.717, 1.165) is 12.8 Å². The lowest BCUT2D eigenvalue weighted by Crippen LogP contribution is -2.35. The van der Waals surface area contributed by atoms with Crippen molar-refractivity contribution in [1.82, 2.24) is 9.97 Å². The van der Waals surface area contributed by atoms with Crippen LogP contribution in [0.5, 0.6) is 5.88 Å². The van der Waals surface area contributed by atoms with Gasteiger partial charge in [-0.05, 0) is 26.7 Å². The molecule has 110 valence electrons. The highest BCUT2D eigenvalue weighted by Gasteiger charge is 2.41. The predicted octanol–water partition coefficient (Wildman–Crippen LogP) is 2.32. The first-order chi connectivity index (χ1) is 9.52. The minimum absolute atomic E-state index is 0.0275. The van der Waals surface area contributed by atoms with Crippen molar-refractivity contribution in [2.45, 2.75) is 45.6 Å². The van der Waals surface area contributed by atoms with Crippen LogP contribution in [-0.4, -0.2) is 33.7 Å². The Bertz CT molecular complexity index is 470. The third-order valence-electron chi connectivity index (χ3n) is 3.59. The van der Waals surface area contributed by atoms with E-state index < -0.39 is 11.4 Å². The Morgan fingerprint density at radius 3 is 2.75 bits per heavy atom. The zero-order valence-electron chi connectivity index (χ0n) is 11.9. The van der Waals surface area contributed by atoms with Gasteiger partial charge in [0.05, 0.1) is 23.9 Å². The van der Waals surface area contributed by atoms with Crippen LogP contribution < -0.4 is 10.1 Å². The summed E-state index contributed by atoms with van der Waals surface area (Å²) in [5, 5.41) is 12.5. The van der Waals surface area contributed by atoms with Gasteiger partial charge in [0.2, 0.25) is 5.88 Å². The van der Waals surface area contributed by atoms with Crippen LogP contribution in [0, 0.1) is 5.41 Å². The van der Waals surface area contributed by atoms with E-state index in [0.29, 0.717) is 31.1 Å². The highest BCUT2D eigenvalue weighted by Crippen LogP contribution is 2.38. The highest BCUT2D eigenvalue weighted by atomic mass is 16.5. The standard InChI is InChI=1S/C14H21N3O3/c1-10(2)20-12-8-15-7-11(17-12)16-9-14(13(18)19)5-3-4-6-14/h7-8,10H,3-6,9H2,1-2H3,(H,16,17)(H,18,19). The van der Waals surface area contributed by atoms with E-state index in [2.05, 4.69) is 15.3 Å². The molecule has 1 heterocycles. The van der Waals surface area contributed by atoms with Crippen molar-refractivity contribution in [3.05, 3.63) is 12.4 Å². The molecule has 1 aromatic rings. The molecule has 2 rings (SSSR count). The fraction of sp³-hybridized carbons (Fsp3) is 0.643. The normalized spacial score (nSPS) is 17.1. The monoisotopic (exact) mass is 279 g/mol. The molecule has 0 saturated heterocycles. The molecular formula is C14H21N3O3. The molecule has 1 aliphatic rings. The second-order valence-corrected chi connectivity index (χ2v) is 5.56. The van der Waals surface area contributed by atoms with Gasteiger partial charge in [-0.2, -0.15) is 4.98 Å². The van der Waals surface area contributed by atoms with Crippen LogP contribution in [0.4, 0.5) is 5.82 Å². The van der Waals surface area contributed by atoms with Gasteiger partial charge >= 0.3 is 5.97 Å². The number of nitrogens with zero attached hydrogens (tertiary/aromatic N) is 2. The summed E-state index contributed by atoms with van der Waals surface area (Å²) in [6, 6.07) is 0. The topological polar surface area (TPSA) is 84.3 Å². The smallest absolute Gasteiger partial charge is 0.311 e. The number of anilines is 1. The molecular weight excluding hydrogens is 258 g/mol. The quantitative estimate of drug-likeness (QED) is 0.831. The van der Waals surface area contributed by atoms with Gasteiger partial charge in [0, 0.05) is 6.54 Å². The summed E-state index contributed by atoms with van der Waals surface area (Å²) >= 11 is 0. The molecule has 1 saturated carbocycles. The van der Waals surface area contributed by atoms with Crippen LogP contribution in [0.25, 0.3) is 0 Å². The van der Waals surface area contributed by atoms with Crippen LogP contribution in [-0.2, 0) is 4.79 Å². The zero-order valence-corrected chi connectivity index (χ0v) is 11.9. The average molecular weight is 279 g/mol. The average Bonchev–Trinajstić information content (AvgIpc) is 2.86. The van der Waals surface area contributed by atoms with E-state index in [4.69, 9.17) is 4.74 Å². The summed E-state index contributed by atoms with van der Waals surface area (Å²) in [7, 11) is 0. The van der Waals surface area contributed by atoms with Crippen molar-refractivity contribution in [2.75, 3.05) is 11.9 Å². The van der Waals surface area contributed by atoms with Crippen molar-refractivity contribution < 1.29 is 14.6 Å². The Hall–Kier alpha value is -1.85. The minimum atomic E-state index is -0.731. The third kappa shape index (κ3) is 3.37. The maximum absolute atomic E-state index is 11.5. The molecule has 20 heavy (non-hydrogen) atoms. The van der Waals surface area contributed by atoms with Gasteiger partial charge < -0.3 is 15.2 Å². The number of carboxylic acid groups (broad SMARTS) is 1. The summed E-state index contributed by atoms with van der Waals surface area (Å²) in [6.07, 6.45) is 6.52. The predicted molar refractivity (Wildman–Crippen MR) is 74.8 cm³/mol. The number of ether oxygens (including phenoxy) is 1. The van der Waals surface area contributed by atoms with Crippen LogP contribution in [0.15, 0.2) is 12.4 Å². The van der Waals surface area contributed by atoms with Gasteiger partial charge in [0.25, 0.3) is 0 Å². The number of carboxylic acids is 1. The second kappa shape index (κ2) is 6.07. The Balaban J connectivity index is 2.01. The molecule has 1 aliphatic carbocycles. The molecule has 0 radical (unpaired) electrons. The van der Waals surface area contributed by atoms with E-state index in [1.807, 2.05) is 13.8 Å². The van der Waals surface area contributed by atoms with E-state index in [1.165, 1.54) is 0 Å². The first-order valence-electron chi connectivity index (χ1n) is 6.98. The zero-order chi connectivity index (χ0) is 14.6. The molecule has 0 aromatic carbocycles. The van der Waals surface area contributed by atoms with Gasteiger partial charge in [-0.1, -0.05) is 12.8 Å². The van der Waals surface area contributed by atoms with Crippen LogP contribution >= 0.6 is 0 Å². The van der Waals surface area contributed by atoms with Gasteiger partial charge in [-0.15, -0.1) is 0 Å². The van der Waals surface area contributed by atoms with E-state index in [-0.39, 0.29) is 6.10 Å².